The predicted octanol–water partition coefficient (Wildman–Crippen LogP) is 1.76. The molecule has 0 aliphatic carbocycles. The van der Waals surface area contributed by atoms with Gasteiger partial charge in [0.15, 0.2) is 0 Å². The standard InChI is InChI=1S/C12H10N2O4S.2Na.2H/c15-11-6-4-9(5-7-11)13-14-10-2-1-3-12(8-10)19(16,17)18;;;;/h1-8,15H,(H,16,17,18);;;;. The van der Waals surface area contributed by atoms with Gasteiger partial charge in [0.2, 0.25) is 0 Å². The van der Waals surface area contributed by atoms with Crippen LogP contribution in [0.4, 0.5) is 11.4 Å². The molecule has 0 aliphatic heterocycles. The van der Waals surface area contributed by atoms with E-state index >= 15 is 0 Å². The topological polar surface area (TPSA) is 99.3 Å². The van der Waals surface area contributed by atoms with Gasteiger partial charge in [0.05, 0.1) is 16.3 Å². The summed E-state index contributed by atoms with van der Waals surface area (Å²) in [5.41, 5.74) is 0.804. The van der Waals surface area contributed by atoms with Gasteiger partial charge in [-0.1, -0.05) is 6.07 Å². The summed E-state index contributed by atoms with van der Waals surface area (Å²) in [7, 11) is -4.25. The van der Waals surface area contributed by atoms with Gasteiger partial charge in [-0.3, -0.25) is 4.55 Å². The summed E-state index contributed by atoms with van der Waals surface area (Å²) in [6, 6.07) is 11.5. The van der Waals surface area contributed by atoms with E-state index in [9.17, 15) is 8.42 Å². The summed E-state index contributed by atoms with van der Waals surface area (Å²) in [5.74, 6) is 0.118. The van der Waals surface area contributed by atoms with Crippen LogP contribution in [0.25, 0.3) is 0 Å². The summed E-state index contributed by atoms with van der Waals surface area (Å²) in [6.07, 6.45) is 0. The zero-order valence-electron chi connectivity index (χ0n) is 9.63. The van der Waals surface area contributed by atoms with E-state index in [2.05, 4.69) is 10.2 Å². The first kappa shape index (κ1) is 20.8. The van der Waals surface area contributed by atoms with Crippen LogP contribution in [-0.2, 0) is 10.1 Å². The van der Waals surface area contributed by atoms with Gasteiger partial charge in [0, 0.05) is 0 Å². The monoisotopic (exact) mass is 326 g/mol. The first-order valence-corrected chi connectivity index (χ1v) is 6.67. The van der Waals surface area contributed by atoms with Crippen molar-refractivity contribution in [2.24, 2.45) is 10.2 Å². The normalized spacial score (nSPS) is 10.7. The minimum absolute atomic E-state index is 0. The maximum absolute atomic E-state index is 11.0. The van der Waals surface area contributed by atoms with Crippen LogP contribution in [0.15, 0.2) is 63.7 Å². The Morgan fingerprint density at radius 2 is 1.43 bits per heavy atom. The van der Waals surface area contributed by atoms with Crippen LogP contribution >= 0.6 is 0 Å². The number of hydrogen-bond acceptors (Lipinski definition) is 5. The minimum atomic E-state index is -4.25. The Morgan fingerprint density at radius 1 is 0.857 bits per heavy atom. The number of nitrogens with zero attached hydrogens (tertiary/aromatic N) is 2. The second-order valence-corrected chi connectivity index (χ2v) is 5.11. The molecule has 2 rings (SSSR count). The molecule has 0 bridgehead atoms. The van der Waals surface area contributed by atoms with Crippen LogP contribution in [0.1, 0.15) is 0 Å². The molecule has 0 amide bonds. The van der Waals surface area contributed by atoms with Crippen LogP contribution in [0.5, 0.6) is 5.75 Å². The second kappa shape index (κ2) is 9.02. The third-order valence-electron chi connectivity index (χ3n) is 2.25. The molecule has 0 aromatic heterocycles. The number of hydrogen-bond donors (Lipinski definition) is 2. The average Bonchev–Trinajstić information content (AvgIpc) is 2.37. The first-order valence-electron chi connectivity index (χ1n) is 5.23. The van der Waals surface area contributed by atoms with Crippen LogP contribution in [0.2, 0.25) is 0 Å². The zero-order valence-corrected chi connectivity index (χ0v) is 10.4. The number of benzene rings is 2. The summed E-state index contributed by atoms with van der Waals surface area (Å²) in [6.45, 7) is 0. The number of phenols is 1. The van der Waals surface area contributed by atoms with Crippen LogP contribution < -0.4 is 0 Å². The van der Waals surface area contributed by atoms with E-state index < -0.39 is 10.1 Å². The molecule has 6 nitrogen and oxygen atoms in total. The molecule has 2 aromatic rings. The van der Waals surface area contributed by atoms with Crippen molar-refractivity contribution in [3.8, 4) is 5.75 Å². The van der Waals surface area contributed by atoms with Crippen LogP contribution in [0, 0.1) is 0 Å². The van der Waals surface area contributed by atoms with E-state index in [-0.39, 0.29) is 69.8 Å². The first-order chi connectivity index (χ1) is 8.95. The average molecular weight is 326 g/mol. The molecular formula is C12H12N2Na2O4S. The van der Waals surface area contributed by atoms with E-state index in [0.29, 0.717) is 11.4 Å². The summed E-state index contributed by atoms with van der Waals surface area (Å²) in [5, 5.41) is 16.8. The van der Waals surface area contributed by atoms with Crippen molar-refractivity contribution in [1.29, 1.82) is 0 Å². The molecule has 2 N–H and O–H groups in total. The Labute approximate surface area is 166 Å². The maximum atomic E-state index is 11.0. The van der Waals surface area contributed by atoms with Gasteiger partial charge in [-0.15, -0.1) is 0 Å². The van der Waals surface area contributed by atoms with Crippen LogP contribution in [-0.4, -0.2) is 77.2 Å². The quantitative estimate of drug-likeness (QED) is 0.510. The Bertz CT molecular complexity index is 718. The Kier molecular flexibility index (Phi) is 8.91. The van der Waals surface area contributed by atoms with Crippen molar-refractivity contribution in [1.82, 2.24) is 0 Å². The molecule has 0 saturated heterocycles. The SMILES string of the molecule is O=S(=O)(O)c1cccc(N=Nc2ccc(O)cc2)c1.[NaH].[NaH]. The fraction of sp³-hybridized carbons (Fsp3) is 0. The van der Waals surface area contributed by atoms with Gasteiger partial charge in [0.25, 0.3) is 10.1 Å². The molecule has 102 valence electrons. The molecule has 0 fully saturated rings. The number of phenolic OH excluding ortho intramolecular Hbond substituents is 1. The summed E-state index contributed by atoms with van der Waals surface area (Å²) in [4.78, 5) is -0.241. The van der Waals surface area contributed by atoms with E-state index in [1.54, 1.807) is 18.2 Å². The molecule has 0 aliphatic rings. The second-order valence-electron chi connectivity index (χ2n) is 3.69. The fourth-order valence-electron chi connectivity index (χ4n) is 1.34. The molecule has 0 radical (unpaired) electrons. The molecule has 0 saturated carbocycles. The molecule has 2 aromatic carbocycles. The van der Waals surface area contributed by atoms with Gasteiger partial charge >= 0.3 is 59.1 Å². The molecular weight excluding hydrogens is 314 g/mol. The van der Waals surface area contributed by atoms with E-state index in [4.69, 9.17) is 9.66 Å². The van der Waals surface area contributed by atoms with Crippen molar-refractivity contribution in [2.75, 3.05) is 0 Å². The van der Waals surface area contributed by atoms with Gasteiger partial charge < -0.3 is 5.11 Å². The third kappa shape index (κ3) is 6.58. The molecule has 9 heteroatoms. The van der Waals surface area contributed by atoms with Crippen LogP contribution in [0.3, 0.4) is 0 Å². The van der Waals surface area contributed by atoms with E-state index in [0.717, 1.165) is 0 Å². The van der Waals surface area contributed by atoms with Gasteiger partial charge in [0.1, 0.15) is 5.75 Å². The number of rotatable bonds is 3. The molecule has 0 heterocycles. The molecule has 0 unspecified atom stereocenters. The van der Waals surface area contributed by atoms with Crippen molar-refractivity contribution >= 4 is 80.6 Å². The summed E-state index contributed by atoms with van der Waals surface area (Å²) >= 11 is 0. The van der Waals surface area contributed by atoms with Crippen molar-refractivity contribution in [2.45, 2.75) is 4.90 Å². The van der Waals surface area contributed by atoms with E-state index in [1.165, 1.54) is 30.3 Å². The zero-order chi connectivity index (χ0) is 13.9. The van der Waals surface area contributed by atoms with Gasteiger partial charge in [-0.2, -0.15) is 18.6 Å². The van der Waals surface area contributed by atoms with Gasteiger partial charge in [-0.25, -0.2) is 0 Å². The Balaban J connectivity index is 0.00000200. The summed E-state index contributed by atoms with van der Waals surface area (Å²) < 4.78 is 30.8. The van der Waals surface area contributed by atoms with E-state index in [1.807, 2.05) is 0 Å². The Hall–Kier alpha value is -0.250. The van der Waals surface area contributed by atoms with Crippen molar-refractivity contribution in [3.05, 3.63) is 48.5 Å². The molecule has 0 atom stereocenters. The number of azo groups is 1. The van der Waals surface area contributed by atoms with Gasteiger partial charge in [-0.05, 0) is 42.5 Å². The molecule has 0 spiro atoms. The fourth-order valence-corrected chi connectivity index (χ4v) is 1.86. The predicted molar refractivity (Wildman–Crippen MR) is 82.8 cm³/mol. The Morgan fingerprint density at radius 3 is 2.00 bits per heavy atom. The van der Waals surface area contributed by atoms with Crippen molar-refractivity contribution < 1.29 is 18.1 Å². The van der Waals surface area contributed by atoms with Crippen molar-refractivity contribution in [3.63, 3.8) is 0 Å². The third-order valence-corrected chi connectivity index (χ3v) is 3.10. The number of aromatic hydroxyl groups is 1. The molecule has 21 heavy (non-hydrogen) atoms.